The number of ether oxygens (including phenoxy) is 3. The Morgan fingerprint density at radius 2 is 2.07 bits per heavy atom. The van der Waals surface area contributed by atoms with Crippen molar-refractivity contribution in [1.29, 1.82) is 0 Å². The molecule has 9 heteroatoms. The van der Waals surface area contributed by atoms with Gasteiger partial charge in [-0.15, -0.1) is 0 Å². The van der Waals surface area contributed by atoms with E-state index in [9.17, 15) is 14.4 Å². The van der Waals surface area contributed by atoms with E-state index in [1.165, 1.54) is 23.1 Å². The second-order valence-corrected chi connectivity index (χ2v) is 7.89. The van der Waals surface area contributed by atoms with E-state index >= 15 is 0 Å². The van der Waals surface area contributed by atoms with Crippen molar-refractivity contribution in [2.75, 3.05) is 19.8 Å². The Hall–Kier alpha value is -3.23. The van der Waals surface area contributed by atoms with Crippen LogP contribution in [0.15, 0.2) is 36.9 Å². The highest BCUT2D eigenvalue weighted by Crippen LogP contribution is 2.22. The smallest absolute Gasteiger partial charge is 0.410 e. The summed E-state index contributed by atoms with van der Waals surface area (Å²) in [5.74, 6) is -0.685. The highest BCUT2D eigenvalue weighted by Gasteiger charge is 2.38. The second kappa shape index (κ2) is 10.00. The molecule has 1 aromatic rings. The Kier molecular flexibility index (Phi) is 7.68. The fraction of sp³-hybridized carbons (Fsp3) is 0.476. The number of carbonyl (C=O) groups excluding carboxylic acids is 2. The van der Waals surface area contributed by atoms with Gasteiger partial charge < -0.3 is 24.6 Å². The van der Waals surface area contributed by atoms with Crippen molar-refractivity contribution < 1.29 is 33.7 Å². The molecule has 1 fully saturated rings. The highest BCUT2D eigenvalue weighted by atomic mass is 16.6. The van der Waals surface area contributed by atoms with E-state index in [1.54, 1.807) is 32.9 Å². The zero-order valence-corrected chi connectivity index (χ0v) is 17.4. The van der Waals surface area contributed by atoms with Crippen molar-refractivity contribution in [1.82, 2.24) is 10.2 Å². The fourth-order valence-electron chi connectivity index (χ4n) is 3.00. The van der Waals surface area contributed by atoms with E-state index in [4.69, 9.17) is 19.3 Å². The molecule has 0 bridgehead atoms. The number of carboxylic acid groups (broad SMARTS) is 1. The molecule has 2 rings (SSSR count). The van der Waals surface area contributed by atoms with E-state index in [0.29, 0.717) is 12.2 Å². The molecule has 1 aliphatic rings. The summed E-state index contributed by atoms with van der Waals surface area (Å²) < 4.78 is 16.1. The van der Waals surface area contributed by atoms with Gasteiger partial charge in [-0.25, -0.2) is 14.4 Å². The summed E-state index contributed by atoms with van der Waals surface area (Å²) in [7, 11) is 0. The largest absolute Gasteiger partial charge is 0.491 e. The molecule has 164 valence electrons. The van der Waals surface area contributed by atoms with Crippen molar-refractivity contribution in [3.8, 4) is 5.75 Å². The average Bonchev–Trinajstić information content (AvgIpc) is 3.05. The lowest BCUT2D eigenvalue weighted by Crippen LogP contribution is -2.42. The second-order valence-electron chi connectivity index (χ2n) is 7.89. The molecular formula is C21H28N2O7. The van der Waals surface area contributed by atoms with Crippen LogP contribution in [-0.2, 0) is 9.47 Å². The maximum Gasteiger partial charge on any atom is 0.410 e. The molecule has 1 heterocycles. The third kappa shape index (κ3) is 6.98. The van der Waals surface area contributed by atoms with Crippen LogP contribution >= 0.6 is 0 Å². The molecule has 0 saturated carbocycles. The SMILES string of the molecule is C=CCOC(=O)N1C[C@@H](NC(=O)OC(C)(C)C)C[C@H]1COc1cccc(C(=O)O)c1. The Balaban J connectivity index is 2.04. The lowest BCUT2D eigenvalue weighted by Gasteiger charge is -2.23. The molecule has 2 N–H and O–H groups in total. The number of hydrogen-bond donors (Lipinski definition) is 2. The number of hydrogen-bond acceptors (Lipinski definition) is 6. The summed E-state index contributed by atoms with van der Waals surface area (Å²) in [6, 6.07) is 5.37. The number of carboxylic acids is 1. The van der Waals surface area contributed by atoms with Crippen LogP contribution in [0.2, 0.25) is 0 Å². The van der Waals surface area contributed by atoms with E-state index in [2.05, 4.69) is 11.9 Å². The molecule has 1 aliphatic heterocycles. The maximum atomic E-state index is 12.4. The summed E-state index contributed by atoms with van der Waals surface area (Å²) in [6.07, 6.45) is 0.785. The zero-order valence-electron chi connectivity index (χ0n) is 17.4. The number of carbonyl (C=O) groups is 3. The van der Waals surface area contributed by atoms with Gasteiger partial charge in [0.25, 0.3) is 0 Å². The number of likely N-dealkylation sites (tertiary alicyclic amines) is 1. The Labute approximate surface area is 175 Å². The number of rotatable bonds is 7. The van der Waals surface area contributed by atoms with Crippen LogP contribution in [0.4, 0.5) is 9.59 Å². The lowest BCUT2D eigenvalue weighted by atomic mass is 10.2. The zero-order chi connectivity index (χ0) is 22.3. The molecule has 2 atom stereocenters. The number of benzene rings is 1. The maximum absolute atomic E-state index is 12.4. The molecule has 1 saturated heterocycles. The summed E-state index contributed by atoms with van der Waals surface area (Å²) in [5, 5.41) is 11.9. The Morgan fingerprint density at radius 1 is 1.33 bits per heavy atom. The highest BCUT2D eigenvalue weighted by molar-refractivity contribution is 5.88. The van der Waals surface area contributed by atoms with Crippen LogP contribution in [0.5, 0.6) is 5.75 Å². The molecule has 2 amide bonds. The van der Waals surface area contributed by atoms with Gasteiger partial charge in [0, 0.05) is 6.54 Å². The standard InChI is InChI=1S/C21H28N2O7/c1-5-9-28-20(27)23-12-15(22-19(26)30-21(2,3)4)11-16(23)13-29-17-8-6-7-14(10-17)18(24)25/h5-8,10,15-16H,1,9,11-13H2,2-4H3,(H,22,26)(H,24,25)/t15-,16-/m0/s1. The van der Waals surface area contributed by atoms with Crippen LogP contribution in [0.1, 0.15) is 37.6 Å². The predicted octanol–water partition coefficient (Wildman–Crippen LogP) is 3.05. The summed E-state index contributed by atoms with van der Waals surface area (Å²) in [4.78, 5) is 37.1. The molecule has 0 aliphatic carbocycles. The van der Waals surface area contributed by atoms with E-state index < -0.39 is 23.8 Å². The third-order valence-electron chi connectivity index (χ3n) is 4.22. The monoisotopic (exact) mass is 420 g/mol. The van der Waals surface area contributed by atoms with Gasteiger partial charge in [0.1, 0.15) is 24.6 Å². The number of aromatic carboxylic acids is 1. The molecule has 0 unspecified atom stereocenters. The normalized spacial score (nSPS) is 18.4. The van der Waals surface area contributed by atoms with Gasteiger partial charge in [-0.2, -0.15) is 0 Å². The van der Waals surface area contributed by atoms with Gasteiger partial charge in [0.15, 0.2) is 0 Å². The quantitative estimate of drug-likeness (QED) is 0.652. The predicted molar refractivity (Wildman–Crippen MR) is 109 cm³/mol. The van der Waals surface area contributed by atoms with Gasteiger partial charge in [-0.1, -0.05) is 18.7 Å². The summed E-state index contributed by atoms with van der Waals surface area (Å²) in [5.41, 5.74) is -0.534. The van der Waals surface area contributed by atoms with Crippen LogP contribution in [0.3, 0.4) is 0 Å². The van der Waals surface area contributed by atoms with Gasteiger partial charge in [-0.05, 0) is 45.4 Å². The van der Waals surface area contributed by atoms with Gasteiger partial charge in [0.2, 0.25) is 0 Å². The van der Waals surface area contributed by atoms with Crippen molar-refractivity contribution in [3.63, 3.8) is 0 Å². The first-order chi connectivity index (χ1) is 14.1. The van der Waals surface area contributed by atoms with E-state index in [-0.39, 0.29) is 37.4 Å². The molecule has 9 nitrogen and oxygen atoms in total. The van der Waals surface area contributed by atoms with Crippen LogP contribution in [-0.4, -0.2) is 65.6 Å². The first-order valence-electron chi connectivity index (χ1n) is 9.59. The van der Waals surface area contributed by atoms with Crippen LogP contribution in [0, 0.1) is 0 Å². The molecule has 0 radical (unpaired) electrons. The fourth-order valence-corrected chi connectivity index (χ4v) is 3.00. The van der Waals surface area contributed by atoms with Crippen molar-refractivity contribution in [2.45, 2.75) is 44.9 Å². The Morgan fingerprint density at radius 3 is 2.70 bits per heavy atom. The molecule has 0 spiro atoms. The summed E-state index contributed by atoms with van der Waals surface area (Å²) in [6.45, 7) is 9.23. The summed E-state index contributed by atoms with van der Waals surface area (Å²) >= 11 is 0. The molecule has 30 heavy (non-hydrogen) atoms. The van der Waals surface area contributed by atoms with Crippen LogP contribution < -0.4 is 10.1 Å². The topological polar surface area (TPSA) is 114 Å². The Bertz CT molecular complexity index is 788. The van der Waals surface area contributed by atoms with E-state index in [1.807, 2.05) is 0 Å². The molecular weight excluding hydrogens is 392 g/mol. The average molecular weight is 420 g/mol. The minimum Gasteiger partial charge on any atom is -0.491 e. The lowest BCUT2D eigenvalue weighted by molar-refractivity contribution is 0.0503. The first kappa shape index (κ1) is 23.1. The van der Waals surface area contributed by atoms with Gasteiger partial charge in [0.05, 0.1) is 17.6 Å². The molecule has 1 aromatic carbocycles. The van der Waals surface area contributed by atoms with Gasteiger partial charge >= 0.3 is 18.2 Å². The number of amides is 2. The van der Waals surface area contributed by atoms with Crippen molar-refractivity contribution in [3.05, 3.63) is 42.5 Å². The number of nitrogens with zero attached hydrogens (tertiary/aromatic N) is 1. The van der Waals surface area contributed by atoms with Gasteiger partial charge in [-0.3, -0.25) is 4.90 Å². The van der Waals surface area contributed by atoms with E-state index in [0.717, 1.165) is 0 Å². The third-order valence-corrected chi connectivity index (χ3v) is 4.22. The molecule has 0 aromatic heterocycles. The number of alkyl carbamates (subject to hydrolysis) is 1. The van der Waals surface area contributed by atoms with Crippen molar-refractivity contribution >= 4 is 18.2 Å². The van der Waals surface area contributed by atoms with Crippen LogP contribution in [0.25, 0.3) is 0 Å². The number of nitrogens with one attached hydrogen (secondary N) is 1. The van der Waals surface area contributed by atoms with Crippen molar-refractivity contribution in [2.24, 2.45) is 0 Å². The minimum atomic E-state index is -1.06. The minimum absolute atomic E-state index is 0.0632. The first-order valence-corrected chi connectivity index (χ1v) is 9.59.